The molecule has 0 aliphatic heterocycles. The predicted molar refractivity (Wildman–Crippen MR) is 102 cm³/mol. The fraction of sp³-hybridized carbons (Fsp3) is 0.333. The molecular weight excluding hydrogens is 344 g/mol. The van der Waals surface area contributed by atoms with Crippen LogP contribution in [0.2, 0.25) is 0 Å². The number of oxazole rings is 1. The summed E-state index contributed by atoms with van der Waals surface area (Å²) in [6.45, 7) is 5.29. The van der Waals surface area contributed by atoms with Crippen LogP contribution in [0.25, 0.3) is 11.1 Å². The molecule has 1 aromatic heterocycles. The Kier molecular flexibility index (Phi) is 5.04. The van der Waals surface area contributed by atoms with Crippen LogP contribution in [-0.2, 0) is 21.7 Å². The topological polar surface area (TPSA) is 98.6 Å². The fourth-order valence-electron chi connectivity index (χ4n) is 2.83. The maximum absolute atomic E-state index is 12.9. The average molecular weight is 368 g/mol. The largest absolute Gasteiger partial charge is 0.460 e. The van der Waals surface area contributed by atoms with Gasteiger partial charge in [0, 0.05) is 0 Å². The second-order valence-electron chi connectivity index (χ2n) is 7.59. The molecule has 0 fully saturated rings. The van der Waals surface area contributed by atoms with Gasteiger partial charge in [-0.3, -0.25) is 10.5 Å². The van der Waals surface area contributed by atoms with Crippen LogP contribution in [-0.4, -0.2) is 21.7 Å². The lowest BCUT2D eigenvalue weighted by atomic mass is 9.89. The zero-order valence-electron chi connectivity index (χ0n) is 15.7. The van der Waals surface area contributed by atoms with Crippen LogP contribution in [0.4, 0.5) is 0 Å². The van der Waals surface area contributed by atoms with Gasteiger partial charge in [-0.25, -0.2) is 4.98 Å². The molecule has 6 nitrogen and oxygen atoms in total. The number of aromatic nitrogens is 1. The molecule has 0 bridgehead atoms. The number of nitrogens with zero attached hydrogens (tertiary/aromatic N) is 1. The van der Waals surface area contributed by atoms with Crippen LogP contribution in [0.1, 0.15) is 32.2 Å². The quantitative estimate of drug-likeness (QED) is 0.530. The number of benzene rings is 2. The maximum atomic E-state index is 12.9. The van der Waals surface area contributed by atoms with E-state index in [4.69, 9.17) is 14.9 Å². The smallest absolute Gasteiger partial charge is 0.314 e. The van der Waals surface area contributed by atoms with Gasteiger partial charge in [-0.15, -0.1) is 0 Å². The molecule has 0 aliphatic rings. The Morgan fingerprint density at radius 2 is 1.78 bits per heavy atom. The van der Waals surface area contributed by atoms with Crippen molar-refractivity contribution in [3.63, 3.8) is 0 Å². The molecule has 142 valence electrons. The van der Waals surface area contributed by atoms with E-state index in [1.165, 1.54) is 0 Å². The number of carbonyl (C=O) groups is 1. The van der Waals surface area contributed by atoms with Gasteiger partial charge in [0.15, 0.2) is 5.58 Å². The molecule has 0 spiro atoms. The first kappa shape index (κ1) is 19.1. The number of nitrogens with two attached hydrogens (primary N) is 1. The second-order valence-corrected chi connectivity index (χ2v) is 7.59. The molecule has 0 saturated carbocycles. The maximum Gasteiger partial charge on any atom is 0.314 e. The van der Waals surface area contributed by atoms with Crippen LogP contribution in [0.15, 0.2) is 59.0 Å². The molecule has 3 rings (SSSR count). The van der Waals surface area contributed by atoms with Crippen molar-refractivity contribution in [1.82, 2.24) is 4.98 Å². The first-order valence-corrected chi connectivity index (χ1v) is 8.81. The summed E-state index contributed by atoms with van der Waals surface area (Å²) in [6.07, 6.45) is 0.182. The van der Waals surface area contributed by atoms with Crippen LogP contribution in [0, 0.1) is 5.92 Å². The lowest BCUT2D eigenvalue weighted by Gasteiger charge is -2.31. The third kappa shape index (κ3) is 4.35. The minimum absolute atomic E-state index is 0.115. The van der Waals surface area contributed by atoms with Gasteiger partial charge >= 0.3 is 5.97 Å². The third-order valence-corrected chi connectivity index (χ3v) is 4.14. The van der Waals surface area contributed by atoms with Gasteiger partial charge in [-0.1, -0.05) is 42.5 Å². The number of hydrogen-bond donors (Lipinski definition) is 2. The van der Waals surface area contributed by atoms with E-state index in [0.29, 0.717) is 11.1 Å². The zero-order valence-corrected chi connectivity index (χ0v) is 15.7. The molecule has 3 aromatic rings. The molecule has 2 aromatic carbocycles. The Bertz CT molecular complexity index is 893. The number of aliphatic hydroxyl groups is 1. The molecule has 2 atom stereocenters. The molecule has 0 saturated heterocycles. The van der Waals surface area contributed by atoms with E-state index < -0.39 is 23.2 Å². The number of hydrogen-bond acceptors (Lipinski definition) is 6. The Balaban J connectivity index is 1.99. The summed E-state index contributed by atoms with van der Waals surface area (Å²) >= 11 is 0. The molecule has 3 N–H and O–H groups in total. The summed E-state index contributed by atoms with van der Waals surface area (Å²) in [5, 5.41) is 11.1. The number of para-hydroxylation sites is 2. The monoisotopic (exact) mass is 368 g/mol. The summed E-state index contributed by atoms with van der Waals surface area (Å²) in [6, 6.07) is 16.4. The number of carbonyl (C=O) groups excluding carboxylic acids is 1. The van der Waals surface area contributed by atoms with Gasteiger partial charge in [-0.05, 0) is 44.9 Å². The van der Waals surface area contributed by atoms with Gasteiger partial charge in [0.2, 0.25) is 11.6 Å². The van der Waals surface area contributed by atoms with Gasteiger partial charge in [0.1, 0.15) is 17.0 Å². The van der Waals surface area contributed by atoms with Crippen molar-refractivity contribution in [1.29, 1.82) is 0 Å². The molecule has 0 amide bonds. The van der Waals surface area contributed by atoms with E-state index in [0.717, 1.165) is 5.56 Å². The first-order valence-electron chi connectivity index (χ1n) is 8.81. The van der Waals surface area contributed by atoms with Crippen LogP contribution in [0.3, 0.4) is 0 Å². The number of rotatable bonds is 5. The van der Waals surface area contributed by atoms with Crippen molar-refractivity contribution in [2.45, 2.75) is 38.5 Å². The Morgan fingerprint density at radius 1 is 1.15 bits per heavy atom. The number of fused-ring (bicyclic) bond motifs is 1. The summed E-state index contributed by atoms with van der Waals surface area (Å²) in [5.41, 5.74) is 5.25. The lowest BCUT2D eigenvalue weighted by molar-refractivity contribution is -0.172. The number of esters is 1. The third-order valence-electron chi connectivity index (χ3n) is 4.14. The Hall–Kier alpha value is -2.70. The van der Waals surface area contributed by atoms with Crippen LogP contribution < -0.4 is 5.73 Å². The van der Waals surface area contributed by atoms with E-state index in [-0.39, 0.29) is 12.3 Å². The van der Waals surface area contributed by atoms with Crippen molar-refractivity contribution in [2.75, 3.05) is 0 Å². The number of ether oxygens (including phenoxy) is 1. The van der Waals surface area contributed by atoms with Gasteiger partial charge in [0.05, 0.1) is 0 Å². The summed E-state index contributed by atoms with van der Waals surface area (Å²) in [4.78, 5) is 17.1. The van der Waals surface area contributed by atoms with E-state index in [1.807, 2.05) is 30.3 Å². The van der Waals surface area contributed by atoms with E-state index in [1.54, 1.807) is 45.0 Å². The molecule has 1 heterocycles. The normalized spacial score (nSPS) is 15.3. The van der Waals surface area contributed by atoms with Gasteiger partial charge < -0.3 is 14.3 Å². The molecule has 27 heavy (non-hydrogen) atoms. The molecule has 6 heteroatoms. The van der Waals surface area contributed by atoms with Gasteiger partial charge in [-0.2, -0.15) is 0 Å². The van der Waals surface area contributed by atoms with E-state index in [2.05, 4.69) is 4.98 Å². The molecule has 1 unspecified atom stereocenters. The van der Waals surface area contributed by atoms with E-state index >= 15 is 0 Å². The molecule has 0 aliphatic carbocycles. The first-order chi connectivity index (χ1) is 12.7. The summed E-state index contributed by atoms with van der Waals surface area (Å²) in [7, 11) is 0. The van der Waals surface area contributed by atoms with Crippen LogP contribution >= 0.6 is 0 Å². The zero-order chi connectivity index (χ0) is 19.7. The van der Waals surface area contributed by atoms with Crippen molar-refractivity contribution in [2.24, 2.45) is 11.7 Å². The minimum Gasteiger partial charge on any atom is -0.460 e. The molecule has 0 radical (unpaired) electrons. The summed E-state index contributed by atoms with van der Waals surface area (Å²) < 4.78 is 11.1. The van der Waals surface area contributed by atoms with Crippen LogP contribution in [0.5, 0.6) is 0 Å². The highest BCUT2D eigenvalue weighted by atomic mass is 16.6. The SMILES string of the molecule is CC(C)(C)OC(=O)[C@@H](Cc1ccccc1)C(N)(O)c1nc2ccccc2o1. The van der Waals surface area contributed by atoms with Gasteiger partial charge in [0.25, 0.3) is 0 Å². The van der Waals surface area contributed by atoms with Crippen molar-refractivity contribution in [3.05, 3.63) is 66.1 Å². The summed E-state index contributed by atoms with van der Waals surface area (Å²) in [5.74, 6) is -1.82. The highest BCUT2D eigenvalue weighted by Crippen LogP contribution is 2.31. The predicted octanol–water partition coefficient (Wildman–Crippen LogP) is 3.13. The highest BCUT2D eigenvalue weighted by molar-refractivity contribution is 5.76. The standard InChI is InChI=1S/C21H24N2O4/c1-20(2,3)27-18(24)15(13-14-9-5-4-6-10-14)21(22,25)19-23-16-11-7-8-12-17(16)26-19/h4-12,15,25H,13,22H2,1-3H3/t15-,21?/m1/s1. The lowest BCUT2D eigenvalue weighted by Crippen LogP contribution is -2.50. The fourth-order valence-corrected chi connectivity index (χ4v) is 2.83. The Morgan fingerprint density at radius 3 is 2.41 bits per heavy atom. The van der Waals surface area contributed by atoms with Crippen molar-refractivity contribution in [3.8, 4) is 0 Å². The average Bonchev–Trinajstić information content (AvgIpc) is 3.04. The van der Waals surface area contributed by atoms with Crippen molar-refractivity contribution >= 4 is 17.1 Å². The minimum atomic E-state index is -2.13. The Labute approximate surface area is 158 Å². The molecular formula is C21H24N2O4. The van der Waals surface area contributed by atoms with E-state index in [9.17, 15) is 9.90 Å². The highest BCUT2D eigenvalue weighted by Gasteiger charge is 2.45. The van der Waals surface area contributed by atoms with Crippen molar-refractivity contribution < 1.29 is 19.1 Å². The second kappa shape index (κ2) is 7.13.